The van der Waals surface area contributed by atoms with Crippen LogP contribution in [0.15, 0.2) is 90.5 Å². The SMILES string of the molecule is COC(=C1C2CC3CC(C2)CC1C3)c1ccc(/C=C/C(C)=O)c(OCc2ccc(OC3OC(CO)C(O)C(O)C3O)cc2)c1Cl.COC1(c2ccc(/C=C/C(C)=O)c(OCc3ccc(OC4OC(CO)C(O)C(O)C4O)cc3)c2Cl)OOC12C1CC3CC(C1)CC2C3. The summed E-state index contributed by atoms with van der Waals surface area (Å²) >= 11 is 14.3. The quantitative estimate of drug-likeness (QED) is 0.0235. The molecule has 8 N–H and O–H groups in total. The zero-order chi connectivity index (χ0) is 64.9. The highest BCUT2D eigenvalue weighted by Gasteiger charge is 2.77. The van der Waals surface area contributed by atoms with Crippen LogP contribution >= 0.6 is 23.2 Å². The van der Waals surface area contributed by atoms with E-state index < -0.39 is 86.0 Å². The molecule has 11 aliphatic rings. The molecule has 4 aromatic carbocycles. The van der Waals surface area contributed by atoms with Gasteiger partial charge < -0.3 is 78.7 Å². The van der Waals surface area contributed by atoms with Crippen LogP contribution in [0.1, 0.15) is 111 Å². The minimum Gasteiger partial charge on any atom is -0.496 e. The molecule has 92 heavy (non-hydrogen) atoms. The van der Waals surface area contributed by atoms with Gasteiger partial charge in [0.25, 0.3) is 5.79 Å². The number of ether oxygens (including phenoxy) is 8. The third-order valence-corrected chi connectivity index (χ3v) is 21.3. The molecule has 0 amide bonds. The molecular weight excluding hydrogens is 1230 g/mol. The number of benzene rings is 4. The van der Waals surface area contributed by atoms with Crippen LogP contribution in [-0.4, -0.2) is 147 Å². The molecule has 22 heteroatoms. The highest BCUT2D eigenvalue weighted by Crippen LogP contribution is 2.70. The average Bonchev–Trinajstić information content (AvgIpc) is 0.670. The molecule has 15 rings (SSSR count). The van der Waals surface area contributed by atoms with E-state index in [1.54, 1.807) is 74.9 Å². The van der Waals surface area contributed by atoms with Crippen molar-refractivity contribution in [3.63, 3.8) is 0 Å². The van der Waals surface area contributed by atoms with Gasteiger partial charge in [0.1, 0.15) is 90.8 Å². The number of rotatable bonds is 20. The van der Waals surface area contributed by atoms with Crippen molar-refractivity contribution in [3.8, 4) is 23.0 Å². The molecule has 0 radical (unpaired) electrons. The van der Waals surface area contributed by atoms with Crippen molar-refractivity contribution in [3.05, 3.63) is 134 Å². The maximum atomic E-state index is 11.8. The normalized spacial score (nSPS) is 35.6. The van der Waals surface area contributed by atoms with Crippen LogP contribution in [0.4, 0.5) is 0 Å². The van der Waals surface area contributed by atoms with E-state index in [1.807, 2.05) is 24.3 Å². The zero-order valence-electron chi connectivity index (χ0n) is 51.8. The van der Waals surface area contributed by atoms with Gasteiger partial charge in [0.2, 0.25) is 12.6 Å². The van der Waals surface area contributed by atoms with Crippen molar-refractivity contribution in [1.82, 2.24) is 0 Å². The largest absolute Gasteiger partial charge is 0.496 e. The molecule has 8 bridgehead atoms. The first-order valence-electron chi connectivity index (χ1n) is 31.9. The van der Waals surface area contributed by atoms with Gasteiger partial charge in [0.15, 0.2) is 17.2 Å². The van der Waals surface area contributed by atoms with Crippen LogP contribution < -0.4 is 18.9 Å². The number of ketones is 2. The Bertz CT molecular complexity index is 3340. The summed E-state index contributed by atoms with van der Waals surface area (Å²) in [5, 5.41) is 80.4. The van der Waals surface area contributed by atoms with Crippen LogP contribution in [0, 0.1) is 47.3 Å². The Morgan fingerprint density at radius 3 is 1.38 bits per heavy atom. The number of methoxy groups -OCH3 is 2. The Hall–Kier alpha value is -5.50. The number of aliphatic hydroxyl groups is 8. The predicted molar refractivity (Wildman–Crippen MR) is 334 cm³/mol. The van der Waals surface area contributed by atoms with Crippen molar-refractivity contribution in [1.29, 1.82) is 0 Å². The smallest absolute Gasteiger partial charge is 0.262 e. The van der Waals surface area contributed by atoms with E-state index in [-0.39, 0.29) is 24.8 Å². The molecule has 11 unspecified atom stereocenters. The Kier molecular flexibility index (Phi) is 20.0. The minimum atomic E-state index is -1.54. The first kappa shape index (κ1) is 66.5. The summed E-state index contributed by atoms with van der Waals surface area (Å²) in [6.07, 6.45) is 4.38. The first-order chi connectivity index (χ1) is 44.3. The van der Waals surface area contributed by atoms with Crippen LogP contribution in [0.5, 0.6) is 23.0 Å². The molecule has 11 atom stereocenters. The molecule has 1 spiro atoms. The van der Waals surface area contributed by atoms with Gasteiger partial charge in [-0.2, -0.15) is 4.89 Å². The molecule has 3 aliphatic heterocycles. The number of carbonyl (C=O) groups is 2. The molecule has 496 valence electrons. The lowest BCUT2D eigenvalue weighted by molar-refractivity contribution is -0.645. The first-order valence-corrected chi connectivity index (χ1v) is 32.6. The van der Waals surface area contributed by atoms with E-state index in [9.17, 15) is 50.4 Å². The Morgan fingerprint density at radius 2 is 0.978 bits per heavy atom. The highest BCUT2D eigenvalue weighted by atomic mass is 35.5. The molecule has 8 saturated carbocycles. The lowest BCUT2D eigenvalue weighted by Gasteiger charge is -2.68. The topological polar surface area (TPSA) is 288 Å². The third-order valence-electron chi connectivity index (χ3n) is 20.6. The fraction of sp³-hybridized carbons (Fsp3) is 0.543. The maximum Gasteiger partial charge on any atom is 0.262 e. The van der Waals surface area contributed by atoms with Gasteiger partial charge in [-0.05, 0) is 197 Å². The number of hydrogen-bond acceptors (Lipinski definition) is 20. The summed E-state index contributed by atoms with van der Waals surface area (Å²) in [7, 11) is 3.34. The van der Waals surface area contributed by atoms with Gasteiger partial charge in [-0.3, -0.25) is 9.59 Å². The van der Waals surface area contributed by atoms with Gasteiger partial charge in [0, 0.05) is 29.4 Å². The average molecular weight is 1310 g/mol. The summed E-state index contributed by atoms with van der Waals surface area (Å²) in [5.41, 5.74) is 5.01. The van der Waals surface area contributed by atoms with E-state index in [0.717, 1.165) is 60.0 Å². The van der Waals surface area contributed by atoms with Gasteiger partial charge >= 0.3 is 0 Å². The second-order valence-electron chi connectivity index (χ2n) is 26.5. The summed E-state index contributed by atoms with van der Waals surface area (Å²) in [6, 6.07) is 21.3. The molecule has 4 aromatic rings. The van der Waals surface area contributed by atoms with Crippen LogP contribution in [0.2, 0.25) is 10.0 Å². The van der Waals surface area contributed by atoms with Crippen molar-refractivity contribution < 1.29 is 98.1 Å². The molecule has 20 nitrogen and oxygen atoms in total. The van der Waals surface area contributed by atoms with Crippen LogP contribution in [0.3, 0.4) is 0 Å². The van der Waals surface area contributed by atoms with Gasteiger partial charge in [-0.15, -0.1) is 0 Å². The standard InChI is InChI=1S/C35H41ClO11.C35H41ClO9/c1-18(38)3-6-22-7-10-26(35(42-2)34(46-47-35)23-12-20-11-21(14-23)15-24(34)13-20)28(36)32(22)43-17-19-4-8-25(9-5-19)44-33-31(41)30(40)29(39)27(16-37)45-33;1-18(38)3-6-22-7-10-26(34(42-2)28-23-12-20-11-21(14-23)15-24(28)13-20)29(36)33(22)43-17-19-4-8-25(9-5-19)44-35-32(41)31(40)30(39)27(16-37)45-35/h3-10,20-21,23-24,27,29-31,33,37,39-41H,11-17H2,1-2H3;3-10,20-21,23-24,27,30-32,35,37,39-41H,11-17H2,1-2H3/b6-3+;6-3+,34-28?. The van der Waals surface area contributed by atoms with Crippen molar-refractivity contribution in [2.45, 2.75) is 164 Å². The molecule has 11 fully saturated rings. The van der Waals surface area contributed by atoms with Gasteiger partial charge in [-0.1, -0.05) is 65.7 Å². The molecule has 3 heterocycles. The number of halogens is 2. The van der Waals surface area contributed by atoms with E-state index in [4.69, 9.17) is 70.9 Å². The van der Waals surface area contributed by atoms with E-state index in [0.29, 0.717) is 85.2 Å². The number of allylic oxidation sites excluding steroid dienone is 3. The number of carbonyl (C=O) groups excluding carboxylic acids is 2. The lowest BCUT2D eigenvalue weighted by atomic mass is 9.47. The Labute approximate surface area is 544 Å². The molecule has 0 aromatic heterocycles. The molecule has 8 aliphatic carbocycles. The molecular formula is C70H82Cl2O20. The summed E-state index contributed by atoms with van der Waals surface area (Å²) < 4.78 is 47.3. The monoisotopic (exact) mass is 1310 g/mol. The summed E-state index contributed by atoms with van der Waals surface area (Å²) in [5.74, 6) is 5.63. The van der Waals surface area contributed by atoms with Gasteiger partial charge in [0.05, 0.1) is 30.4 Å². The Balaban J connectivity index is 0.000000178. The second kappa shape index (κ2) is 27.7. The van der Waals surface area contributed by atoms with Crippen molar-refractivity contribution in [2.75, 3.05) is 27.4 Å². The van der Waals surface area contributed by atoms with E-state index >= 15 is 0 Å². The molecule has 3 saturated heterocycles. The second-order valence-corrected chi connectivity index (χ2v) is 27.2. The summed E-state index contributed by atoms with van der Waals surface area (Å²) in [4.78, 5) is 35.7. The van der Waals surface area contributed by atoms with Crippen LogP contribution in [0.25, 0.3) is 17.9 Å². The van der Waals surface area contributed by atoms with E-state index in [1.165, 1.54) is 70.1 Å². The number of hydrogen-bond donors (Lipinski definition) is 8. The Morgan fingerprint density at radius 1 is 0.543 bits per heavy atom. The minimum absolute atomic E-state index is 0.0931. The maximum absolute atomic E-state index is 11.8. The van der Waals surface area contributed by atoms with E-state index in [2.05, 4.69) is 0 Å². The van der Waals surface area contributed by atoms with Crippen LogP contribution in [-0.2, 0) is 57.3 Å². The fourth-order valence-corrected chi connectivity index (χ4v) is 17.2. The summed E-state index contributed by atoms with van der Waals surface area (Å²) in [6.45, 7) is 2.14. The van der Waals surface area contributed by atoms with Crippen molar-refractivity contribution >= 4 is 52.7 Å². The predicted octanol–water partition coefficient (Wildman–Crippen LogP) is 8.17. The fourth-order valence-electron chi connectivity index (χ4n) is 16.6. The third kappa shape index (κ3) is 12.7. The number of aliphatic hydroxyl groups excluding tert-OH is 8. The highest BCUT2D eigenvalue weighted by molar-refractivity contribution is 6.34. The van der Waals surface area contributed by atoms with Gasteiger partial charge in [-0.25, -0.2) is 4.89 Å². The zero-order valence-corrected chi connectivity index (χ0v) is 53.3. The lowest BCUT2D eigenvalue weighted by Crippen LogP contribution is -2.76. The van der Waals surface area contributed by atoms with Crippen molar-refractivity contribution in [2.24, 2.45) is 47.3 Å².